The predicted molar refractivity (Wildman–Crippen MR) is 272 cm³/mol. The van der Waals surface area contributed by atoms with Gasteiger partial charge in [0.05, 0.1) is 6.61 Å². The smallest absolute Gasteiger partial charge is 0.462 e. The number of phosphoric acid groups is 1. The molecule has 6 unspecified atom stereocenters. The van der Waals surface area contributed by atoms with Crippen LogP contribution in [0.2, 0.25) is 0 Å². The van der Waals surface area contributed by atoms with Crippen molar-refractivity contribution >= 4 is 19.8 Å². The van der Waals surface area contributed by atoms with E-state index in [1.165, 1.54) is 128 Å². The molecular formula is C54H97O13P. The maximum absolute atomic E-state index is 12.9. The van der Waals surface area contributed by atoms with Crippen LogP contribution in [0.3, 0.4) is 0 Å². The summed E-state index contributed by atoms with van der Waals surface area (Å²) in [5.41, 5.74) is 0. The third-order valence-corrected chi connectivity index (χ3v) is 13.4. The molecule has 1 fully saturated rings. The zero-order valence-corrected chi connectivity index (χ0v) is 43.3. The Morgan fingerprint density at radius 2 is 0.809 bits per heavy atom. The Balaban J connectivity index is 2.39. The van der Waals surface area contributed by atoms with Crippen LogP contribution in [-0.4, -0.2) is 98.3 Å². The molecule has 1 saturated carbocycles. The Bertz CT molecular complexity index is 1370. The lowest BCUT2D eigenvalue weighted by atomic mass is 9.85. The van der Waals surface area contributed by atoms with Gasteiger partial charge in [-0.05, 0) is 51.4 Å². The lowest BCUT2D eigenvalue weighted by Gasteiger charge is -2.41. The summed E-state index contributed by atoms with van der Waals surface area (Å²) >= 11 is 0. The van der Waals surface area contributed by atoms with E-state index in [-0.39, 0.29) is 12.8 Å². The van der Waals surface area contributed by atoms with Gasteiger partial charge in [-0.1, -0.05) is 210 Å². The summed E-state index contributed by atoms with van der Waals surface area (Å²) in [6.07, 6.45) is 40.2. The standard InChI is InChI=1S/C54H97O13P/c1-3-5-7-9-11-13-15-17-19-21-22-23-24-25-27-29-31-33-35-37-39-41-43-48(56)66-46(45-65-68(62,63)67-54-52(60)50(58)49(57)51(59)53(54)61)44-64-47(55)42-40-38-36-34-32-30-28-26-20-18-16-14-12-10-8-6-4-2/h12,14,18,20,28,30,34,36,46,49-54,57-61H,3-11,13,15-17,19,21-27,29,31-33,35,37-45H2,1-2H3,(H,62,63)/b14-12+,20-18+,30-28+,36-34+/t46-,49?,50+,51?,52?,53?,54?/m1/s1. The van der Waals surface area contributed by atoms with E-state index in [0.717, 1.165) is 51.4 Å². The van der Waals surface area contributed by atoms with Crippen LogP contribution in [0, 0.1) is 0 Å². The molecule has 0 aromatic carbocycles. The van der Waals surface area contributed by atoms with Gasteiger partial charge >= 0.3 is 19.8 Å². The summed E-state index contributed by atoms with van der Waals surface area (Å²) in [6.45, 7) is 3.26. The minimum Gasteiger partial charge on any atom is -0.462 e. The molecular weight excluding hydrogens is 888 g/mol. The highest BCUT2D eigenvalue weighted by Crippen LogP contribution is 2.47. The molecule has 0 amide bonds. The number of hydrogen-bond donors (Lipinski definition) is 6. The Morgan fingerprint density at radius 3 is 1.25 bits per heavy atom. The number of hydrogen-bond acceptors (Lipinski definition) is 12. The first kappa shape index (κ1) is 63.8. The van der Waals surface area contributed by atoms with E-state index < -0.39 is 75.7 Å². The molecule has 0 saturated heterocycles. The number of carbonyl (C=O) groups excluding carboxylic acids is 2. The zero-order chi connectivity index (χ0) is 49.9. The van der Waals surface area contributed by atoms with E-state index >= 15 is 0 Å². The summed E-state index contributed by atoms with van der Waals surface area (Å²) in [6, 6.07) is 0. The lowest BCUT2D eigenvalue weighted by Crippen LogP contribution is -2.64. The third-order valence-electron chi connectivity index (χ3n) is 12.4. The largest absolute Gasteiger partial charge is 0.472 e. The fourth-order valence-electron chi connectivity index (χ4n) is 8.11. The van der Waals surface area contributed by atoms with E-state index in [2.05, 4.69) is 50.3 Å². The first-order valence-corrected chi connectivity index (χ1v) is 28.4. The van der Waals surface area contributed by atoms with Crippen LogP contribution in [0.15, 0.2) is 48.6 Å². The summed E-state index contributed by atoms with van der Waals surface area (Å²) in [7, 11) is -5.14. The van der Waals surface area contributed by atoms with Gasteiger partial charge in [-0.2, -0.15) is 0 Å². The van der Waals surface area contributed by atoms with E-state index in [4.69, 9.17) is 18.5 Å². The molecule has 8 atom stereocenters. The van der Waals surface area contributed by atoms with Gasteiger partial charge in [0.1, 0.15) is 43.2 Å². The topological polar surface area (TPSA) is 210 Å². The molecule has 0 aliphatic heterocycles. The van der Waals surface area contributed by atoms with Crippen molar-refractivity contribution < 1.29 is 63.1 Å². The number of carbonyl (C=O) groups is 2. The molecule has 1 aliphatic rings. The highest BCUT2D eigenvalue weighted by Gasteiger charge is 2.51. The first-order chi connectivity index (χ1) is 32.9. The third kappa shape index (κ3) is 35.0. The number of allylic oxidation sites excluding steroid dienone is 8. The fraction of sp³-hybridized carbons (Fsp3) is 0.815. The minimum absolute atomic E-state index is 0.0878. The van der Waals surface area contributed by atoms with Crippen LogP contribution in [0.5, 0.6) is 0 Å². The van der Waals surface area contributed by atoms with Crippen LogP contribution in [0.25, 0.3) is 0 Å². The normalized spacial score (nSPS) is 21.4. The van der Waals surface area contributed by atoms with E-state index in [0.29, 0.717) is 19.3 Å². The second-order valence-corrected chi connectivity index (χ2v) is 20.1. The van der Waals surface area contributed by atoms with E-state index in [1.54, 1.807) is 0 Å². The molecule has 0 aromatic rings. The lowest BCUT2D eigenvalue weighted by molar-refractivity contribution is -0.220. The molecule has 1 aliphatic carbocycles. The second-order valence-electron chi connectivity index (χ2n) is 18.7. The van der Waals surface area contributed by atoms with Crippen molar-refractivity contribution in [1.82, 2.24) is 0 Å². The highest BCUT2D eigenvalue weighted by molar-refractivity contribution is 7.47. The predicted octanol–water partition coefficient (Wildman–Crippen LogP) is 11.9. The Labute approximate surface area is 411 Å². The maximum Gasteiger partial charge on any atom is 0.472 e. The van der Waals surface area contributed by atoms with Crippen LogP contribution in [-0.2, 0) is 32.7 Å². The van der Waals surface area contributed by atoms with Gasteiger partial charge in [0.25, 0.3) is 0 Å². The van der Waals surface area contributed by atoms with Crippen LogP contribution >= 0.6 is 7.82 Å². The first-order valence-electron chi connectivity index (χ1n) is 26.9. The summed E-state index contributed by atoms with van der Waals surface area (Å²) in [4.78, 5) is 35.8. The van der Waals surface area contributed by atoms with Gasteiger partial charge in [0.2, 0.25) is 0 Å². The maximum atomic E-state index is 12.9. The summed E-state index contributed by atoms with van der Waals surface area (Å²) in [5.74, 6) is -1.16. The number of aliphatic hydroxyl groups excluding tert-OH is 5. The molecule has 6 N–H and O–H groups in total. The quantitative estimate of drug-likeness (QED) is 0.0145. The Kier molecular flexibility index (Phi) is 40.9. The number of ether oxygens (including phenoxy) is 2. The second kappa shape index (κ2) is 43.6. The number of phosphoric ester groups is 1. The van der Waals surface area contributed by atoms with Gasteiger partial charge in [0, 0.05) is 12.8 Å². The van der Waals surface area contributed by atoms with Gasteiger partial charge in [-0.15, -0.1) is 0 Å². The van der Waals surface area contributed by atoms with Crippen molar-refractivity contribution in [3.05, 3.63) is 48.6 Å². The van der Waals surface area contributed by atoms with Crippen molar-refractivity contribution in [2.24, 2.45) is 0 Å². The molecule has 0 aromatic heterocycles. The molecule has 0 heterocycles. The van der Waals surface area contributed by atoms with Crippen molar-refractivity contribution in [2.45, 2.75) is 268 Å². The SMILES string of the molecule is CCCCC/C=C/C/C=C/C/C=C/C/C=C/CCCC(=O)OC[C@H](COP(=O)(O)OC1C(O)C(O)C(O)[C@H](O)C1O)OC(=O)CCCCCCCCCCCCCCCCCCCCCCCC. The zero-order valence-electron chi connectivity index (χ0n) is 42.4. The van der Waals surface area contributed by atoms with Gasteiger partial charge in [0.15, 0.2) is 6.10 Å². The highest BCUT2D eigenvalue weighted by atomic mass is 31.2. The molecule has 0 spiro atoms. The van der Waals surface area contributed by atoms with E-state index in [9.17, 15) is 44.6 Å². The summed E-state index contributed by atoms with van der Waals surface area (Å²) in [5, 5.41) is 50.3. The van der Waals surface area contributed by atoms with Crippen molar-refractivity contribution in [2.75, 3.05) is 13.2 Å². The minimum atomic E-state index is -5.14. The van der Waals surface area contributed by atoms with Crippen LogP contribution in [0.1, 0.15) is 226 Å². The van der Waals surface area contributed by atoms with Crippen molar-refractivity contribution in [1.29, 1.82) is 0 Å². The average molecular weight is 985 g/mol. The number of esters is 2. The fourth-order valence-corrected chi connectivity index (χ4v) is 9.08. The Hall–Kier alpha value is -2.19. The molecule has 1 rings (SSSR count). The number of rotatable bonds is 45. The molecule has 396 valence electrons. The average Bonchev–Trinajstić information content (AvgIpc) is 3.32. The molecule has 13 nitrogen and oxygen atoms in total. The molecule has 68 heavy (non-hydrogen) atoms. The van der Waals surface area contributed by atoms with Crippen molar-refractivity contribution in [3.63, 3.8) is 0 Å². The molecule has 0 bridgehead atoms. The van der Waals surface area contributed by atoms with Gasteiger partial charge in [-0.25, -0.2) is 4.57 Å². The monoisotopic (exact) mass is 985 g/mol. The van der Waals surface area contributed by atoms with Crippen LogP contribution < -0.4 is 0 Å². The van der Waals surface area contributed by atoms with Gasteiger partial charge < -0.3 is 39.9 Å². The summed E-state index contributed by atoms with van der Waals surface area (Å²) < 4.78 is 33.6. The van der Waals surface area contributed by atoms with Crippen LogP contribution in [0.4, 0.5) is 0 Å². The molecule has 0 radical (unpaired) electrons. The Morgan fingerprint density at radius 1 is 0.456 bits per heavy atom. The van der Waals surface area contributed by atoms with Gasteiger partial charge in [-0.3, -0.25) is 18.6 Å². The number of aliphatic hydroxyl groups is 5. The van der Waals surface area contributed by atoms with E-state index in [1.807, 2.05) is 12.2 Å². The number of unbranched alkanes of at least 4 members (excludes halogenated alkanes) is 25. The van der Waals surface area contributed by atoms with Crippen molar-refractivity contribution in [3.8, 4) is 0 Å². The molecule has 14 heteroatoms.